The monoisotopic (exact) mass is 1020 g/mol. The molecule has 2 aromatic heterocycles. The standard InChI is InChI=1S/C32H44N6O2S.C26H27ClN4O/c1-24(2)41(5,39)30-9-7-6-8-26(30)21-32-34-23-33-31(35-32)20-25-10-11-28(22-29(25)40-4)37-14-12-27(13-15-37)38-18-16-36(3)17-19-38;1-17-11-13-31(14-12-17)19-8-10-23(24(15-19)32-2)29-26-28-16-22(27)25(30-26)21-9-7-18-5-3-4-6-20(18)21/h6-11,22-24,27H,5,12-21H2,1-4H3;3-6,8-10,15-17H,7,11-14H2,1-2H3,(H,28,29,30). The summed E-state index contributed by atoms with van der Waals surface area (Å²) in [5.41, 5.74) is 9.47. The molecule has 1 N–H and O–H groups in total. The van der Waals surface area contributed by atoms with Gasteiger partial charge in [-0.1, -0.05) is 87.0 Å². The Bertz CT molecular complexity index is 3000. The molecule has 1 atom stereocenters. The molecule has 0 bridgehead atoms. The molecule has 15 heteroatoms. The lowest BCUT2D eigenvalue weighted by molar-refractivity contribution is 0.0982. The summed E-state index contributed by atoms with van der Waals surface area (Å²) in [6, 6.07) is 29.6. The number of nitrogens with zero attached hydrogens (tertiary/aromatic N) is 9. The molecule has 0 radical (unpaired) electrons. The van der Waals surface area contributed by atoms with Crippen molar-refractivity contribution in [1.29, 1.82) is 0 Å². The molecule has 13 nitrogen and oxygen atoms in total. The lowest BCUT2D eigenvalue weighted by Gasteiger charge is -2.42. The van der Waals surface area contributed by atoms with Crippen molar-refractivity contribution in [2.75, 3.05) is 88.7 Å². The van der Waals surface area contributed by atoms with E-state index >= 15 is 0 Å². The number of piperidine rings is 2. The summed E-state index contributed by atoms with van der Waals surface area (Å²) >= 11 is 6.50. The van der Waals surface area contributed by atoms with E-state index in [9.17, 15) is 4.21 Å². The van der Waals surface area contributed by atoms with Gasteiger partial charge < -0.3 is 29.5 Å². The number of fused-ring (bicyclic) bond motifs is 1. The molecule has 4 aliphatic rings. The Kier molecular flexibility index (Phi) is 16.6. The van der Waals surface area contributed by atoms with Gasteiger partial charge in [0.1, 0.15) is 29.5 Å². The second-order valence-corrected chi connectivity index (χ2v) is 23.4. The van der Waals surface area contributed by atoms with Crippen LogP contribution in [0.2, 0.25) is 5.02 Å². The van der Waals surface area contributed by atoms with Crippen LogP contribution in [-0.2, 0) is 28.8 Å². The van der Waals surface area contributed by atoms with Crippen molar-refractivity contribution in [2.24, 2.45) is 5.92 Å². The lowest BCUT2D eigenvalue weighted by Crippen LogP contribution is -2.52. The van der Waals surface area contributed by atoms with Crippen LogP contribution in [0.5, 0.6) is 11.5 Å². The summed E-state index contributed by atoms with van der Waals surface area (Å²) in [4.78, 5) is 33.6. The van der Waals surface area contributed by atoms with E-state index in [2.05, 4.69) is 114 Å². The third kappa shape index (κ3) is 12.3. The Balaban J connectivity index is 0.000000185. The van der Waals surface area contributed by atoms with Crippen LogP contribution in [0, 0.1) is 5.92 Å². The first kappa shape index (κ1) is 51.8. The van der Waals surface area contributed by atoms with E-state index in [4.69, 9.17) is 31.0 Å². The zero-order valence-corrected chi connectivity index (χ0v) is 45.0. The highest BCUT2D eigenvalue weighted by atomic mass is 35.5. The second kappa shape index (κ2) is 23.4. The summed E-state index contributed by atoms with van der Waals surface area (Å²) < 4.78 is 24.8. The normalized spacial score (nSPS) is 17.6. The number of aromatic nitrogens is 5. The lowest BCUT2D eigenvalue weighted by atomic mass is 9.99. The van der Waals surface area contributed by atoms with Gasteiger partial charge in [-0.25, -0.2) is 24.9 Å². The van der Waals surface area contributed by atoms with Crippen molar-refractivity contribution < 1.29 is 13.7 Å². The Morgan fingerprint density at radius 2 is 1.38 bits per heavy atom. The molecular formula is C58H71ClN10O3S. The number of ether oxygens (including phenoxy) is 2. The van der Waals surface area contributed by atoms with Crippen LogP contribution in [0.1, 0.15) is 86.1 Å². The van der Waals surface area contributed by atoms with Crippen LogP contribution in [-0.4, -0.2) is 130 Å². The van der Waals surface area contributed by atoms with Gasteiger partial charge in [-0.15, -0.1) is 0 Å². The van der Waals surface area contributed by atoms with Gasteiger partial charge in [0.05, 0.1) is 36.8 Å². The average Bonchev–Trinajstić information content (AvgIpc) is 3.84. The molecule has 3 aliphatic heterocycles. The number of methoxy groups -OCH3 is 2. The number of nitrogens with one attached hydrogen (secondary N) is 1. The maximum Gasteiger partial charge on any atom is 0.227 e. The number of anilines is 4. The van der Waals surface area contributed by atoms with Crippen LogP contribution in [0.15, 0.2) is 108 Å². The van der Waals surface area contributed by atoms with Crippen molar-refractivity contribution >= 4 is 55.6 Å². The van der Waals surface area contributed by atoms with Crippen molar-refractivity contribution in [3.05, 3.63) is 148 Å². The minimum absolute atomic E-state index is 0.0590. The van der Waals surface area contributed by atoms with Gasteiger partial charge in [-0.2, -0.15) is 0 Å². The molecule has 1 unspecified atom stereocenters. The summed E-state index contributed by atoms with van der Waals surface area (Å²) in [6.07, 6.45) is 12.2. The molecule has 3 saturated heterocycles. The van der Waals surface area contributed by atoms with Gasteiger partial charge in [0.15, 0.2) is 0 Å². The minimum atomic E-state index is -2.42. The third-order valence-electron chi connectivity index (χ3n) is 15.0. The average molecular weight is 1020 g/mol. The van der Waals surface area contributed by atoms with Gasteiger partial charge >= 0.3 is 0 Å². The molecule has 4 aromatic carbocycles. The number of rotatable bonds is 14. The van der Waals surface area contributed by atoms with E-state index < -0.39 is 9.52 Å². The summed E-state index contributed by atoms with van der Waals surface area (Å²) in [5, 5.41) is 3.81. The quantitative estimate of drug-likeness (QED) is 0.104. The number of hydrogen-bond donors (Lipinski definition) is 1. The van der Waals surface area contributed by atoms with Crippen molar-refractivity contribution in [3.63, 3.8) is 0 Å². The van der Waals surface area contributed by atoms with Crippen LogP contribution < -0.4 is 24.6 Å². The van der Waals surface area contributed by atoms with E-state index in [0.717, 1.165) is 83.0 Å². The van der Waals surface area contributed by atoms with Gasteiger partial charge in [-0.05, 0) is 101 Å². The van der Waals surface area contributed by atoms with Gasteiger partial charge in [0.2, 0.25) is 5.95 Å². The Morgan fingerprint density at radius 1 is 0.753 bits per heavy atom. The van der Waals surface area contributed by atoms with Crippen molar-refractivity contribution in [3.8, 4) is 11.5 Å². The van der Waals surface area contributed by atoms with Crippen molar-refractivity contribution in [2.45, 2.75) is 81.9 Å². The SMILES string of the molecule is C=S(=O)(c1ccccc1Cc1ncnc(Cc2ccc(N3CCC(N4CCN(C)CC4)CC3)cc2OC)n1)C(C)C.COc1cc(N2CCC(C)CC2)ccc1Nc1ncc(Cl)c(C2=CCc3ccccc32)n1. The fourth-order valence-electron chi connectivity index (χ4n) is 10.4. The van der Waals surface area contributed by atoms with Gasteiger partial charge in [0, 0.05) is 116 Å². The first-order chi connectivity index (χ1) is 35.4. The molecule has 10 rings (SSSR count). The third-order valence-corrected chi connectivity index (χ3v) is 18.0. The minimum Gasteiger partial charge on any atom is -0.496 e. The molecule has 3 fully saturated rings. The van der Waals surface area contributed by atoms with Crippen molar-refractivity contribution in [1.82, 2.24) is 34.7 Å². The first-order valence-corrected chi connectivity index (χ1v) is 28.0. The van der Waals surface area contributed by atoms with E-state index in [0.29, 0.717) is 41.5 Å². The highest BCUT2D eigenvalue weighted by Gasteiger charge is 2.28. The van der Waals surface area contributed by atoms with E-state index in [1.165, 1.54) is 74.4 Å². The topological polar surface area (TPSA) is 125 Å². The molecule has 0 amide bonds. The Labute approximate surface area is 438 Å². The second-order valence-electron chi connectivity index (χ2n) is 20.2. The van der Waals surface area contributed by atoms with E-state index in [1.807, 2.05) is 50.2 Å². The molecule has 0 saturated carbocycles. The number of benzene rings is 4. The highest BCUT2D eigenvalue weighted by Crippen LogP contribution is 2.37. The molecule has 0 spiro atoms. The number of halogens is 1. The molecule has 6 aromatic rings. The van der Waals surface area contributed by atoms with Crippen LogP contribution in [0.25, 0.3) is 5.57 Å². The fourth-order valence-corrected chi connectivity index (χ4v) is 12.0. The zero-order chi connectivity index (χ0) is 51.1. The largest absolute Gasteiger partial charge is 0.496 e. The van der Waals surface area contributed by atoms with Crippen LogP contribution in [0.3, 0.4) is 0 Å². The fraction of sp³-hybridized carbons (Fsp3) is 0.414. The predicted octanol–water partition coefficient (Wildman–Crippen LogP) is 9.87. The number of allylic oxidation sites excluding steroid dienone is 1. The molecule has 384 valence electrons. The summed E-state index contributed by atoms with van der Waals surface area (Å²) in [5.74, 6) is 8.31. The van der Waals surface area contributed by atoms with Crippen LogP contribution >= 0.6 is 11.6 Å². The van der Waals surface area contributed by atoms with Gasteiger partial charge in [0.25, 0.3) is 0 Å². The summed E-state index contributed by atoms with van der Waals surface area (Å²) in [6.45, 7) is 15.2. The smallest absolute Gasteiger partial charge is 0.227 e. The number of hydrogen-bond acceptors (Lipinski definition) is 13. The molecule has 5 heterocycles. The summed E-state index contributed by atoms with van der Waals surface area (Å²) in [7, 11) is 3.22. The Morgan fingerprint density at radius 3 is 2.08 bits per heavy atom. The van der Waals surface area contributed by atoms with E-state index in [1.54, 1.807) is 26.7 Å². The molecule has 1 aliphatic carbocycles. The van der Waals surface area contributed by atoms with Gasteiger partial charge in [-0.3, -0.25) is 9.11 Å². The zero-order valence-electron chi connectivity index (χ0n) is 43.4. The predicted molar refractivity (Wildman–Crippen MR) is 299 cm³/mol. The number of likely N-dealkylation sites (N-methyl/N-ethyl adjacent to an activating group) is 1. The first-order valence-electron chi connectivity index (χ1n) is 25.8. The highest BCUT2D eigenvalue weighted by molar-refractivity contribution is 8.00. The van der Waals surface area contributed by atoms with Crippen LogP contribution in [0.4, 0.5) is 23.0 Å². The molecular weight excluding hydrogens is 952 g/mol. The number of piperazine rings is 1. The maximum atomic E-state index is 13.3. The molecule has 73 heavy (non-hydrogen) atoms. The van der Waals surface area contributed by atoms with E-state index in [-0.39, 0.29) is 5.25 Å². The Hall–Kier alpha value is -6.06. The maximum absolute atomic E-state index is 13.3.